The minimum Gasteiger partial charge on any atom is -0.480 e. The fourth-order valence-electron chi connectivity index (χ4n) is 8.23. The molecule has 0 unspecified atom stereocenters. The number of carboxylic acid groups (broad SMARTS) is 1. The molecule has 1 saturated carbocycles. The van der Waals surface area contributed by atoms with Crippen LogP contribution in [0.3, 0.4) is 0 Å². The predicted molar refractivity (Wildman–Crippen MR) is 230 cm³/mol. The number of carbonyl (C=O) groups excluding carboxylic acids is 7. The number of aliphatic carboxylic acids is 1. The van der Waals surface area contributed by atoms with Crippen molar-refractivity contribution >= 4 is 72.6 Å². The Hall–Kier alpha value is -3.62. The predicted octanol–water partition coefficient (Wildman–Crippen LogP) is 0.00700. The molecule has 18 nitrogen and oxygen atoms in total. The molecule has 0 aromatic heterocycles. The van der Waals surface area contributed by atoms with Gasteiger partial charge in [0.15, 0.2) is 0 Å². The number of hydrogen-bond donors (Lipinski definition) is 10. The molecule has 8 atom stereocenters. The van der Waals surface area contributed by atoms with Gasteiger partial charge in [0.1, 0.15) is 36.3 Å². The van der Waals surface area contributed by atoms with Gasteiger partial charge in [-0.2, -0.15) is 25.3 Å². The first-order valence-electron chi connectivity index (χ1n) is 21.6. The highest BCUT2D eigenvalue weighted by Crippen LogP contribution is 2.28. The number of rotatable bonds is 25. The summed E-state index contributed by atoms with van der Waals surface area (Å²) in [6, 6.07) is -7.90. The summed E-state index contributed by atoms with van der Waals surface area (Å²) in [6.45, 7) is 4.68. The van der Waals surface area contributed by atoms with Crippen molar-refractivity contribution in [2.24, 2.45) is 11.7 Å². The van der Waals surface area contributed by atoms with E-state index >= 15 is 0 Å². The highest BCUT2D eigenvalue weighted by molar-refractivity contribution is 7.80. The van der Waals surface area contributed by atoms with E-state index < -0.39 is 83.9 Å². The Balaban J connectivity index is 1.73. The Bertz CT molecular complexity index is 1480. The molecule has 9 N–H and O–H groups in total. The van der Waals surface area contributed by atoms with Gasteiger partial charge in [-0.3, -0.25) is 33.6 Å². The van der Waals surface area contributed by atoms with Gasteiger partial charge in [-0.05, 0) is 64.3 Å². The molecule has 0 bridgehead atoms. The largest absolute Gasteiger partial charge is 0.480 e. The summed E-state index contributed by atoms with van der Waals surface area (Å²) in [6.07, 6.45) is 8.56. The maximum Gasteiger partial charge on any atom is 0.327 e. The van der Waals surface area contributed by atoms with Gasteiger partial charge in [-0.15, -0.1) is 0 Å². The second kappa shape index (κ2) is 26.0. The molecule has 0 spiro atoms. The zero-order chi connectivity index (χ0) is 44.4. The van der Waals surface area contributed by atoms with Crippen LogP contribution >= 0.6 is 25.3 Å². The van der Waals surface area contributed by atoms with Gasteiger partial charge >= 0.3 is 5.97 Å². The molecule has 7 amide bonds. The highest BCUT2D eigenvalue weighted by atomic mass is 32.1. The molecule has 2 heterocycles. The quantitative estimate of drug-likeness (QED) is 0.0431. The Labute approximate surface area is 364 Å². The SMILES string of the molecule is CCCCCCN[C@@H](CS)C(=O)N1CCC[C@H]1C(=O)N1CCC[C@H]1C(=O)N[C@H](C(=O)N[C@@H](CCC(N)=O)C(=O)N[C@@H](CC1CCCCC1)C(=O)N[C@@H](CS)C(=O)O)[C@@H](C)O. The topological polar surface area (TPSA) is 270 Å². The summed E-state index contributed by atoms with van der Waals surface area (Å²) in [4.78, 5) is 109. The average molecular weight is 885 g/mol. The molecule has 20 heteroatoms. The summed E-state index contributed by atoms with van der Waals surface area (Å²) in [7, 11) is 0. The van der Waals surface area contributed by atoms with E-state index in [2.05, 4.69) is 58.8 Å². The van der Waals surface area contributed by atoms with Crippen LogP contribution in [0.4, 0.5) is 0 Å². The minimum atomic E-state index is -1.60. The lowest BCUT2D eigenvalue weighted by Gasteiger charge is -2.33. The third kappa shape index (κ3) is 15.4. The molecule has 3 rings (SSSR count). The first-order chi connectivity index (χ1) is 28.6. The minimum absolute atomic E-state index is 0.0638. The Kier molecular flexibility index (Phi) is 22.0. The molecular formula is C40H68N8O10S2. The van der Waals surface area contributed by atoms with Gasteiger partial charge in [0, 0.05) is 31.0 Å². The van der Waals surface area contributed by atoms with Gasteiger partial charge in [0.05, 0.1) is 12.1 Å². The number of likely N-dealkylation sites (tertiary alicyclic amines) is 2. The summed E-state index contributed by atoms with van der Waals surface area (Å²) >= 11 is 8.41. The number of amides is 7. The molecule has 2 aliphatic heterocycles. The fourth-order valence-corrected chi connectivity index (χ4v) is 8.76. The summed E-state index contributed by atoms with van der Waals surface area (Å²) in [5.41, 5.74) is 5.38. The Morgan fingerprint density at radius 3 is 1.92 bits per heavy atom. The van der Waals surface area contributed by atoms with E-state index in [1.165, 1.54) is 11.8 Å². The first-order valence-corrected chi connectivity index (χ1v) is 22.9. The van der Waals surface area contributed by atoms with Gasteiger partial charge in [0.2, 0.25) is 41.4 Å². The third-order valence-electron chi connectivity index (χ3n) is 11.7. The zero-order valence-corrected chi connectivity index (χ0v) is 36.9. The van der Waals surface area contributed by atoms with Crippen molar-refractivity contribution < 1.29 is 48.6 Å². The molecule has 60 heavy (non-hydrogen) atoms. The van der Waals surface area contributed by atoms with E-state index in [-0.39, 0.29) is 61.5 Å². The van der Waals surface area contributed by atoms with Crippen molar-refractivity contribution in [1.82, 2.24) is 36.4 Å². The van der Waals surface area contributed by atoms with Crippen molar-refractivity contribution in [3.05, 3.63) is 0 Å². The standard InChI is InChI=1S/C40H68N8O10S2/c1-3-4-5-9-18-42-28(22-59)38(55)48-20-11-15-31(48)39(56)47-19-10-14-30(47)36(53)46-33(24(2)49)37(54)43-26(16-17-32(41)50)34(51)44-27(21-25-12-7-6-8-13-25)35(52)45-29(23-60)40(57)58/h24-31,33,42,49,59-60H,3-23H2,1-2H3,(H2,41,50)(H,43,54)(H,44,51)(H,45,52)(H,46,53)(H,57,58)/t24-,26+,27+,28+,29+,30+,31+,33+/m1/s1. The van der Waals surface area contributed by atoms with Crippen LogP contribution in [0.2, 0.25) is 0 Å². The number of unbranched alkanes of at least 4 members (excludes halogenated alkanes) is 3. The second-order valence-electron chi connectivity index (χ2n) is 16.3. The maximum absolute atomic E-state index is 14.0. The fraction of sp³-hybridized carbons (Fsp3) is 0.800. The number of carbonyl (C=O) groups is 8. The molecule has 0 radical (unpaired) electrons. The molecule has 1 aliphatic carbocycles. The Morgan fingerprint density at radius 1 is 0.717 bits per heavy atom. The smallest absolute Gasteiger partial charge is 0.327 e. The van der Waals surface area contributed by atoms with Crippen LogP contribution in [-0.2, 0) is 38.4 Å². The number of aliphatic hydroxyl groups excluding tert-OH is 1. The summed E-state index contributed by atoms with van der Waals surface area (Å²) in [5, 5.41) is 33.6. The normalized spacial score (nSPS) is 21.2. The van der Waals surface area contributed by atoms with Crippen LogP contribution < -0.4 is 32.3 Å². The number of nitrogens with two attached hydrogens (primary N) is 1. The summed E-state index contributed by atoms with van der Waals surface area (Å²) < 4.78 is 0. The number of nitrogens with zero attached hydrogens (tertiary/aromatic N) is 2. The van der Waals surface area contributed by atoms with Gasteiger partial charge < -0.3 is 52.3 Å². The van der Waals surface area contributed by atoms with Crippen LogP contribution in [0, 0.1) is 5.92 Å². The number of hydrogen-bond acceptors (Lipinski definition) is 12. The molecule has 0 aromatic carbocycles. The molecule has 2 saturated heterocycles. The average Bonchev–Trinajstić information content (AvgIpc) is 3.92. The maximum atomic E-state index is 14.0. The molecular weight excluding hydrogens is 817 g/mol. The second-order valence-corrected chi connectivity index (χ2v) is 17.0. The number of thiol groups is 2. The number of primary amides is 1. The van der Waals surface area contributed by atoms with Crippen molar-refractivity contribution in [2.75, 3.05) is 31.1 Å². The third-order valence-corrected chi connectivity index (χ3v) is 12.4. The van der Waals surface area contributed by atoms with Crippen LogP contribution in [0.1, 0.15) is 117 Å². The summed E-state index contributed by atoms with van der Waals surface area (Å²) in [5.74, 6) is -5.85. The van der Waals surface area contributed by atoms with E-state index in [1.54, 1.807) is 4.90 Å². The molecule has 0 aromatic rings. The highest BCUT2D eigenvalue weighted by Gasteiger charge is 2.44. The van der Waals surface area contributed by atoms with E-state index in [0.717, 1.165) is 57.8 Å². The van der Waals surface area contributed by atoms with E-state index in [4.69, 9.17) is 5.73 Å². The zero-order valence-electron chi connectivity index (χ0n) is 35.1. The van der Waals surface area contributed by atoms with Gasteiger partial charge in [-0.25, -0.2) is 4.79 Å². The van der Waals surface area contributed by atoms with Crippen molar-refractivity contribution in [1.29, 1.82) is 0 Å². The lowest BCUT2D eigenvalue weighted by molar-refractivity contribution is -0.147. The van der Waals surface area contributed by atoms with Crippen LogP contribution in [-0.4, -0.2) is 147 Å². The molecule has 3 fully saturated rings. The lowest BCUT2D eigenvalue weighted by Crippen LogP contribution is -2.61. The molecule has 3 aliphatic rings. The van der Waals surface area contributed by atoms with Crippen molar-refractivity contribution in [3.8, 4) is 0 Å². The van der Waals surface area contributed by atoms with Crippen molar-refractivity contribution in [3.63, 3.8) is 0 Å². The van der Waals surface area contributed by atoms with Gasteiger partial charge in [-0.1, -0.05) is 58.3 Å². The van der Waals surface area contributed by atoms with E-state index in [1.807, 2.05) is 0 Å². The van der Waals surface area contributed by atoms with Crippen LogP contribution in [0.5, 0.6) is 0 Å². The monoisotopic (exact) mass is 884 g/mol. The van der Waals surface area contributed by atoms with Crippen LogP contribution in [0.15, 0.2) is 0 Å². The van der Waals surface area contributed by atoms with Crippen LogP contribution in [0.25, 0.3) is 0 Å². The lowest BCUT2D eigenvalue weighted by atomic mass is 9.84. The number of carboxylic acids is 1. The number of nitrogens with one attached hydrogen (secondary N) is 5. The number of aliphatic hydroxyl groups is 1. The first kappa shape index (κ1) is 50.7. The van der Waals surface area contributed by atoms with Gasteiger partial charge in [0.25, 0.3) is 0 Å². The van der Waals surface area contributed by atoms with E-state index in [9.17, 15) is 48.6 Å². The molecule has 340 valence electrons. The Morgan fingerprint density at radius 2 is 1.32 bits per heavy atom. The van der Waals surface area contributed by atoms with Crippen molar-refractivity contribution in [2.45, 2.75) is 165 Å². The van der Waals surface area contributed by atoms with E-state index in [0.29, 0.717) is 32.4 Å².